The van der Waals surface area contributed by atoms with Gasteiger partial charge in [0.1, 0.15) is 30.6 Å². The first-order valence-electron chi connectivity index (χ1n) is 11.4. The maximum Gasteiger partial charge on any atom is 0.228 e. The van der Waals surface area contributed by atoms with Crippen LogP contribution in [0.1, 0.15) is 24.6 Å². The number of rotatable bonds is 13. The monoisotopic (exact) mass is 480 g/mol. The van der Waals surface area contributed by atoms with Crippen molar-refractivity contribution < 1.29 is 9.57 Å². The van der Waals surface area contributed by atoms with Crippen molar-refractivity contribution in [2.75, 3.05) is 44.4 Å². The first-order valence-corrected chi connectivity index (χ1v) is 11.4. The summed E-state index contributed by atoms with van der Waals surface area (Å²) >= 11 is 0. The van der Waals surface area contributed by atoms with E-state index in [1.807, 2.05) is 37.2 Å². The van der Waals surface area contributed by atoms with E-state index in [0.717, 1.165) is 30.8 Å². The lowest BCUT2D eigenvalue weighted by atomic mass is 10.2. The third-order valence-corrected chi connectivity index (χ3v) is 5.31. The van der Waals surface area contributed by atoms with Gasteiger partial charge in [0.15, 0.2) is 0 Å². The number of allylic oxidation sites excluding steroid dienone is 2. The molecule has 0 amide bonds. The van der Waals surface area contributed by atoms with Gasteiger partial charge in [0.25, 0.3) is 0 Å². The number of hydrazine groups is 1. The Bertz CT molecular complexity index is 1070. The summed E-state index contributed by atoms with van der Waals surface area (Å²) in [6, 6.07) is 3.42. The minimum atomic E-state index is -0.152. The molecule has 2 aliphatic rings. The zero-order valence-corrected chi connectivity index (χ0v) is 20.0. The summed E-state index contributed by atoms with van der Waals surface area (Å²) in [5.41, 5.74) is 8.14. The normalized spacial score (nSPS) is 17.5. The fraction of sp³-hybridized carbons (Fsp3) is 0.391. The van der Waals surface area contributed by atoms with Gasteiger partial charge in [0.05, 0.1) is 12.2 Å². The van der Waals surface area contributed by atoms with Crippen LogP contribution in [-0.2, 0) is 4.84 Å². The second kappa shape index (κ2) is 11.6. The van der Waals surface area contributed by atoms with Crippen molar-refractivity contribution in [1.82, 2.24) is 35.7 Å². The molecule has 1 unspecified atom stereocenters. The highest BCUT2D eigenvalue weighted by molar-refractivity contribution is 5.50. The fourth-order valence-electron chi connectivity index (χ4n) is 3.32. The first-order chi connectivity index (χ1) is 17.0. The van der Waals surface area contributed by atoms with Gasteiger partial charge in [-0.25, -0.2) is 9.97 Å². The van der Waals surface area contributed by atoms with Gasteiger partial charge in [0, 0.05) is 36.1 Å². The molecule has 0 bridgehead atoms. The third kappa shape index (κ3) is 7.37. The van der Waals surface area contributed by atoms with Crippen molar-refractivity contribution in [2.24, 2.45) is 11.8 Å². The molecule has 12 nitrogen and oxygen atoms in total. The van der Waals surface area contributed by atoms with Gasteiger partial charge in [0.2, 0.25) is 11.8 Å². The van der Waals surface area contributed by atoms with Crippen LogP contribution < -0.4 is 32.1 Å². The Balaban J connectivity index is 1.43. The molecule has 1 aliphatic heterocycles. The molecule has 1 saturated carbocycles. The van der Waals surface area contributed by atoms with Crippen molar-refractivity contribution in [3.63, 3.8) is 0 Å². The van der Waals surface area contributed by atoms with E-state index in [-0.39, 0.29) is 6.04 Å². The number of nitrogens with two attached hydrogens (primary N) is 1. The Labute approximate surface area is 204 Å². The zero-order valence-electron chi connectivity index (χ0n) is 20.0. The second-order valence-electron chi connectivity index (χ2n) is 8.55. The molecular formula is C23H32N10O2. The van der Waals surface area contributed by atoms with E-state index >= 15 is 0 Å². The van der Waals surface area contributed by atoms with Crippen molar-refractivity contribution in [1.29, 1.82) is 0 Å². The van der Waals surface area contributed by atoms with E-state index in [4.69, 9.17) is 15.4 Å². The van der Waals surface area contributed by atoms with Crippen molar-refractivity contribution in [3.8, 4) is 5.88 Å². The molecule has 0 radical (unpaired) electrons. The summed E-state index contributed by atoms with van der Waals surface area (Å²) in [5.74, 6) is 8.20. The Morgan fingerprint density at radius 2 is 2.23 bits per heavy atom. The number of hydroxylamine groups is 1. The molecule has 1 aliphatic carbocycles. The van der Waals surface area contributed by atoms with Gasteiger partial charge in [-0.3, -0.25) is 5.84 Å². The smallest absolute Gasteiger partial charge is 0.228 e. The highest BCUT2D eigenvalue weighted by Gasteiger charge is 2.25. The quantitative estimate of drug-likeness (QED) is 0.161. The summed E-state index contributed by atoms with van der Waals surface area (Å²) in [7, 11) is 3.97. The number of likely N-dealkylation sites (N-methyl/N-ethyl adjacent to an activating group) is 1. The van der Waals surface area contributed by atoms with Crippen LogP contribution in [0.5, 0.6) is 5.88 Å². The van der Waals surface area contributed by atoms with E-state index < -0.39 is 0 Å². The molecular weight excluding hydrogens is 448 g/mol. The van der Waals surface area contributed by atoms with E-state index in [1.54, 1.807) is 12.3 Å². The molecule has 186 valence electrons. The highest BCUT2D eigenvalue weighted by Crippen LogP contribution is 2.35. The number of aromatic nitrogens is 4. The summed E-state index contributed by atoms with van der Waals surface area (Å²) in [6.07, 6.45) is 9.29. The van der Waals surface area contributed by atoms with Crippen LogP contribution in [0.4, 0.5) is 11.8 Å². The second-order valence-corrected chi connectivity index (χ2v) is 8.55. The van der Waals surface area contributed by atoms with Crippen LogP contribution in [0.2, 0.25) is 0 Å². The lowest BCUT2D eigenvalue weighted by Crippen LogP contribution is -2.22. The van der Waals surface area contributed by atoms with E-state index in [9.17, 15) is 0 Å². The number of ether oxygens (including phenoxy) is 1. The van der Waals surface area contributed by atoms with E-state index in [1.165, 1.54) is 6.33 Å². The average Bonchev–Trinajstić information content (AvgIpc) is 3.58. The maximum absolute atomic E-state index is 5.85. The third-order valence-electron chi connectivity index (χ3n) is 5.31. The van der Waals surface area contributed by atoms with Crippen LogP contribution in [0.15, 0.2) is 60.5 Å². The van der Waals surface area contributed by atoms with Gasteiger partial charge in [-0.15, -0.1) is 5.48 Å². The molecule has 12 heteroatoms. The number of hydrogen-bond acceptors (Lipinski definition) is 12. The standard InChI is InChI=1S/C23H32N10O2/c1-15(10-19(31-24)16-4-5-16)28-21-12-22(34-9-8-33(2)3)30-23(29-21)26-13-17-11-20(32-35-17)18-6-7-25-14-27-18/h6-7,10-12,14,16,20,31-32H,1,4-5,8-9,13,24H2,2-3H3,(H2,26,28,29,30)/b19-10-. The molecule has 1 fully saturated rings. The molecule has 2 aromatic rings. The summed E-state index contributed by atoms with van der Waals surface area (Å²) in [4.78, 5) is 24.9. The molecule has 0 saturated heterocycles. The van der Waals surface area contributed by atoms with Gasteiger partial charge in [-0.05, 0) is 45.2 Å². The number of nitrogens with zero attached hydrogens (tertiary/aromatic N) is 5. The highest BCUT2D eigenvalue weighted by atomic mass is 16.7. The minimum Gasteiger partial charge on any atom is -0.476 e. The van der Waals surface area contributed by atoms with Gasteiger partial charge >= 0.3 is 0 Å². The van der Waals surface area contributed by atoms with Crippen LogP contribution in [0.3, 0.4) is 0 Å². The lowest BCUT2D eigenvalue weighted by molar-refractivity contribution is 0.115. The molecule has 35 heavy (non-hydrogen) atoms. The molecule has 3 heterocycles. The van der Waals surface area contributed by atoms with Crippen LogP contribution in [0.25, 0.3) is 0 Å². The number of anilines is 2. The molecule has 0 spiro atoms. The van der Waals surface area contributed by atoms with Gasteiger partial charge < -0.3 is 30.5 Å². The molecule has 6 N–H and O–H groups in total. The van der Waals surface area contributed by atoms with Crippen LogP contribution >= 0.6 is 0 Å². The predicted octanol–water partition coefficient (Wildman–Crippen LogP) is 1.46. The van der Waals surface area contributed by atoms with Crippen LogP contribution in [0, 0.1) is 5.92 Å². The summed E-state index contributed by atoms with van der Waals surface area (Å²) < 4.78 is 5.85. The minimum absolute atomic E-state index is 0.152. The molecule has 4 rings (SSSR count). The first kappa shape index (κ1) is 24.4. The number of nitrogens with one attached hydrogen (secondary N) is 4. The van der Waals surface area contributed by atoms with E-state index in [2.05, 4.69) is 48.1 Å². The Hall–Kier alpha value is -3.74. The van der Waals surface area contributed by atoms with Gasteiger partial charge in [-0.1, -0.05) is 6.58 Å². The maximum atomic E-state index is 5.85. The molecule has 0 aromatic carbocycles. The molecule has 1 atom stereocenters. The number of hydrogen-bond donors (Lipinski definition) is 5. The van der Waals surface area contributed by atoms with Crippen molar-refractivity contribution in [2.45, 2.75) is 18.9 Å². The average molecular weight is 481 g/mol. The van der Waals surface area contributed by atoms with Crippen LogP contribution in [-0.4, -0.2) is 58.6 Å². The predicted molar refractivity (Wildman–Crippen MR) is 133 cm³/mol. The van der Waals surface area contributed by atoms with Crippen molar-refractivity contribution >= 4 is 11.8 Å². The Morgan fingerprint density at radius 3 is 2.94 bits per heavy atom. The van der Waals surface area contributed by atoms with E-state index in [0.29, 0.717) is 48.2 Å². The summed E-state index contributed by atoms with van der Waals surface area (Å²) in [6.45, 7) is 5.70. The largest absolute Gasteiger partial charge is 0.476 e. The summed E-state index contributed by atoms with van der Waals surface area (Å²) in [5, 5.41) is 6.40. The topological polar surface area (TPSA) is 147 Å². The Kier molecular flexibility index (Phi) is 8.08. The fourth-order valence-corrected chi connectivity index (χ4v) is 3.32. The lowest BCUT2D eigenvalue weighted by Gasteiger charge is -2.14. The van der Waals surface area contributed by atoms with Crippen molar-refractivity contribution in [3.05, 3.63) is 66.2 Å². The SMILES string of the molecule is C=C(/C=C(\NN)C1CC1)Nc1cc(OCCN(C)C)nc(NCC2=CC(c3ccncn3)NO2)n1. The van der Waals surface area contributed by atoms with Gasteiger partial charge in [-0.2, -0.15) is 9.97 Å². The zero-order chi connectivity index (χ0) is 24.6. The Morgan fingerprint density at radius 1 is 1.37 bits per heavy atom. The molecule has 2 aromatic heterocycles.